The van der Waals surface area contributed by atoms with E-state index in [0.29, 0.717) is 42.9 Å². The number of anilines is 1. The first kappa shape index (κ1) is 46.1. The molecule has 1 unspecified atom stereocenters. The zero-order valence-electron chi connectivity index (χ0n) is 35.9. The lowest BCUT2D eigenvalue weighted by Gasteiger charge is -2.21. The highest BCUT2D eigenvalue weighted by Gasteiger charge is 2.31. The van der Waals surface area contributed by atoms with Crippen LogP contribution in [-0.4, -0.2) is 90.4 Å². The van der Waals surface area contributed by atoms with E-state index in [1.54, 1.807) is 11.6 Å². The van der Waals surface area contributed by atoms with Crippen LogP contribution in [0.15, 0.2) is 82.5 Å². The summed E-state index contributed by atoms with van der Waals surface area (Å²) in [6, 6.07) is 15.6. The molecule has 1 atom stereocenters. The van der Waals surface area contributed by atoms with Crippen molar-refractivity contribution in [3.8, 4) is 17.1 Å². The highest BCUT2D eigenvalue weighted by molar-refractivity contribution is 6.07. The molecule has 4 N–H and O–H groups in total. The second-order valence-electron chi connectivity index (χ2n) is 16.0. The average molecular weight is 899 g/mol. The number of oxazole rings is 1. The predicted octanol–water partition coefficient (Wildman–Crippen LogP) is 5.65. The van der Waals surface area contributed by atoms with Gasteiger partial charge in [0, 0.05) is 57.1 Å². The Kier molecular flexibility index (Phi) is 14.4. The lowest BCUT2D eigenvalue weighted by Crippen LogP contribution is -2.44. The number of hydrogen-bond donors (Lipinski definition) is 3. The third-order valence-corrected chi connectivity index (χ3v) is 11.1. The number of fused-ring (bicyclic) bond motifs is 1. The van der Waals surface area contributed by atoms with Crippen LogP contribution in [0.3, 0.4) is 0 Å². The summed E-state index contributed by atoms with van der Waals surface area (Å²) >= 11 is 0. The number of imide groups is 1. The fourth-order valence-corrected chi connectivity index (χ4v) is 7.65. The molecule has 4 aromatic heterocycles. The largest absolute Gasteiger partial charge is 0.444 e. The van der Waals surface area contributed by atoms with Gasteiger partial charge in [0.2, 0.25) is 17.7 Å². The molecule has 0 bridgehead atoms. The number of halogens is 3. The van der Waals surface area contributed by atoms with Gasteiger partial charge in [0.25, 0.3) is 11.8 Å². The lowest BCUT2D eigenvalue weighted by atomic mass is 10.0. The van der Waals surface area contributed by atoms with E-state index < -0.39 is 36.4 Å². The van der Waals surface area contributed by atoms with E-state index in [9.17, 15) is 37.1 Å². The van der Waals surface area contributed by atoms with Crippen LogP contribution in [0.4, 0.5) is 18.9 Å². The Morgan fingerprint density at radius 3 is 2.48 bits per heavy atom. The van der Waals surface area contributed by atoms with Gasteiger partial charge in [0.15, 0.2) is 11.4 Å². The standard InChI is InChI=1S/C45H49F3N10O7/c1-55(20-4-6-22-64-21-5-3-7-28-10-13-35-37(23-28)56(2)44(63)58(35)36-14-15-38(59)53-42(36)62)25-29-8-11-32(12-9-29)57-26-33(39(54-57)40(49)60)51-41(61)34-27-65-43(52-34)30-17-19-50-31(24-30)16-18-45(46,47)48/h8-13,17,19,23-24,26-27,36H,3-7,14-16,18,20-22,25H2,1-2H3,(H2,49,60)(H,51,61)(H,53,59,62). The van der Waals surface area contributed by atoms with Crippen LogP contribution < -0.4 is 22.1 Å². The van der Waals surface area contributed by atoms with Crippen molar-refractivity contribution in [3.63, 3.8) is 0 Å². The van der Waals surface area contributed by atoms with Crippen LogP contribution in [0.2, 0.25) is 0 Å². The number of carbonyl (C=O) groups excluding carboxylic acids is 4. The first-order chi connectivity index (χ1) is 31.1. The number of pyridine rings is 1. The summed E-state index contributed by atoms with van der Waals surface area (Å²) in [6.07, 6.45) is 3.19. The number of ether oxygens (including phenoxy) is 1. The number of hydrogen-bond acceptors (Lipinski definition) is 11. The number of benzene rings is 2. The molecule has 5 heterocycles. The predicted molar refractivity (Wildman–Crippen MR) is 232 cm³/mol. The molecule has 7 rings (SSSR count). The van der Waals surface area contributed by atoms with Gasteiger partial charge in [-0.1, -0.05) is 18.2 Å². The van der Waals surface area contributed by atoms with E-state index >= 15 is 0 Å². The highest BCUT2D eigenvalue weighted by atomic mass is 19.4. The number of nitrogens with zero attached hydrogens (tertiary/aromatic N) is 7. The minimum atomic E-state index is -4.33. The normalized spacial score (nSPS) is 14.3. The van der Waals surface area contributed by atoms with Gasteiger partial charge >= 0.3 is 11.9 Å². The summed E-state index contributed by atoms with van der Waals surface area (Å²) in [5, 5.41) is 9.22. The Labute approximate surface area is 370 Å². The Bertz CT molecular complexity index is 2740. The molecule has 0 spiro atoms. The minimum absolute atomic E-state index is 0.00320. The number of nitrogens with two attached hydrogens (primary N) is 1. The molecule has 6 aromatic rings. The Morgan fingerprint density at radius 1 is 0.985 bits per heavy atom. The van der Waals surface area contributed by atoms with Gasteiger partial charge < -0.3 is 25.1 Å². The van der Waals surface area contributed by atoms with Crippen molar-refractivity contribution in [3.05, 3.63) is 112 Å². The third kappa shape index (κ3) is 11.6. The molecule has 17 nitrogen and oxygen atoms in total. The molecule has 1 fully saturated rings. The summed E-state index contributed by atoms with van der Waals surface area (Å²) in [5.41, 5.74) is 9.75. The van der Waals surface area contributed by atoms with Gasteiger partial charge in [0.05, 0.1) is 28.6 Å². The fraction of sp³-hybridized carbons (Fsp3) is 0.378. The van der Waals surface area contributed by atoms with Crippen molar-refractivity contribution in [2.75, 3.05) is 32.1 Å². The second kappa shape index (κ2) is 20.3. The van der Waals surface area contributed by atoms with Gasteiger partial charge in [-0.05, 0) is 106 Å². The molecule has 2 aromatic carbocycles. The molecule has 0 aliphatic carbocycles. The van der Waals surface area contributed by atoms with Crippen molar-refractivity contribution in [2.45, 2.75) is 76.6 Å². The number of alkyl halides is 3. The van der Waals surface area contributed by atoms with E-state index in [-0.39, 0.29) is 53.1 Å². The van der Waals surface area contributed by atoms with Gasteiger partial charge in [-0.2, -0.15) is 18.3 Å². The smallest absolute Gasteiger partial charge is 0.389 e. The molecule has 342 valence electrons. The van der Waals surface area contributed by atoms with Crippen LogP contribution >= 0.6 is 0 Å². The van der Waals surface area contributed by atoms with Gasteiger partial charge in [-0.25, -0.2) is 14.5 Å². The Hall–Kier alpha value is -6.93. The SMILES string of the molecule is CN(CCCCOCCCCc1ccc2c(c1)n(C)c(=O)n2C1CCC(=O)NC1=O)Cc1ccc(-n2cc(NC(=O)c3coc(-c4ccnc(CCC(F)(F)F)c4)n3)c(C(N)=O)n2)cc1. The van der Waals surface area contributed by atoms with E-state index in [0.717, 1.165) is 61.6 Å². The molecule has 1 aliphatic rings. The van der Waals surface area contributed by atoms with E-state index in [2.05, 4.69) is 30.6 Å². The number of imidazole rings is 1. The number of rotatable bonds is 20. The molecule has 0 saturated carbocycles. The molecule has 0 radical (unpaired) electrons. The summed E-state index contributed by atoms with van der Waals surface area (Å²) in [7, 11) is 3.73. The summed E-state index contributed by atoms with van der Waals surface area (Å²) in [5.74, 6) is -2.36. The lowest BCUT2D eigenvalue weighted by molar-refractivity contribution is -0.136. The topological polar surface area (TPSA) is 214 Å². The maximum Gasteiger partial charge on any atom is 0.389 e. The molecule has 20 heteroatoms. The number of primary amides is 1. The van der Waals surface area contributed by atoms with Crippen molar-refractivity contribution in [1.29, 1.82) is 0 Å². The average Bonchev–Trinajstić information content (AvgIpc) is 4.00. The van der Waals surface area contributed by atoms with Crippen LogP contribution in [0, 0.1) is 0 Å². The van der Waals surface area contributed by atoms with Crippen LogP contribution in [0.5, 0.6) is 0 Å². The molecule has 1 aliphatic heterocycles. The summed E-state index contributed by atoms with van der Waals surface area (Å²) in [6.45, 7) is 2.87. The maximum absolute atomic E-state index is 13.1. The Balaban J connectivity index is 0.816. The second-order valence-corrected chi connectivity index (χ2v) is 16.0. The minimum Gasteiger partial charge on any atom is -0.444 e. The number of aromatic nitrogens is 6. The number of piperidine rings is 1. The van der Waals surface area contributed by atoms with Crippen molar-refractivity contribution >= 4 is 40.3 Å². The van der Waals surface area contributed by atoms with Gasteiger partial charge in [-0.15, -0.1) is 0 Å². The van der Waals surface area contributed by atoms with E-state index in [1.165, 1.54) is 33.8 Å². The highest BCUT2D eigenvalue weighted by Crippen LogP contribution is 2.27. The summed E-state index contributed by atoms with van der Waals surface area (Å²) in [4.78, 5) is 72.9. The molecule has 65 heavy (non-hydrogen) atoms. The van der Waals surface area contributed by atoms with Crippen LogP contribution in [-0.2, 0) is 40.8 Å². The molecule has 4 amide bonds. The van der Waals surface area contributed by atoms with Gasteiger partial charge in [-0.3, -0.25) is 38.6 Å². The monoisotopic (exact) mass is 898 g/mol. The van der Waals surface area contributed by atoms with Gasteiger partial charge in [0.1, 0.15) is 12.3 Å². The van der Waals surface area contributed by atoms with Crippen molar-refractivity contribution in [1.82, 2.24) is 39.1 Å². The quantitative estimate of drug-likeness (QED) is 0.0629. The Morgan fingerprint density at radius 2 is 1.74 bits per heavy atom. The molecular formula is C45H49F3N10O7. The van der Waals surface area contributed by atoms with E-state index in [4.69, 9.17) is 14.9 Å². The third-order valence-electron chi connectivity index (χ3n) is 11.1. The first-order valence-electron chi connectivity index (χ1n) is 21.2. The zero-order chi connectivity index (χ0) is 46.3. The number of unbranched alkanes of at least 4 members (excludes halogenated alkanes) is 2. The fourth-order valence-electron chi connectivity index (χ4n) is 7.65. The molecule has 1 saturated heterocycles. The summed E-state index contributed by atoms with van der Waals surface area (Å²) < 4.78 is 53.9. The van der Waals surface area contributed by atoms with Crippen molar-refractivity contribution < 1.29 is 41.5 Å². The van der Waals surface area contributed by atoms with Crippen molar-refractivity contribution in [2.24, 2.45) is 12.8 Å². The van der Waals surface area contributed by atoms with Crippen LogP contribution in [0.1, 0.15) is 88.8 Å². The zero-order valence-corrected chi connectivity index (χ0v) is 35.9. The first-order valence-corrected chi connectivity index (χ1v) is 21.2. The maximum atomic E-state index is 13.1. The molecular weight excluding hydrogens is 850 g/mol. The number of carbonyl (C=O) groups is 4. The number of amides is 4. The number of aryl methyl sites for hydroxylation is 3. The number of nitrogens with one attached hydrogen (secondary N) is 2. The van der Waals surface area contributed by atoms with E-state index in [1.807, 2.05) is 49.5 Å². The van der Waals surface area contributed by atoms with Crippen LogP contribution in [0.25, 0.3) is 28.2 Å².